The molecular weight excluding hydrogens is 391 g/mol. The van der Waals surface area contributed by atoms with Crippen LogP contribution in [0.15, 0.2) is 18.2 Å². The molecule has 1 unspecified atom stereocenters. The van der Waals surface area contributed by atoms with Gasteiger partial charge in [0.05, 0.1) is 0 Å². The Morgan fingerprint density at radius 1 is 1.21 bits per heavy atom. The van der Waals surface area contributed by atoms with E-state index in [1.165, 1.54) is 6.07 Å². The Bertz CT molecular complexity index is 876. The summed E-state index contributed by atoms with van der Waals surface area (Å²) in [6, 6.07) is 4.74. The first-order chi connectivity index (χ1) is 13.8. The van der Waals surface area contributed by atoms with Crippen LogP contribution >= 0.6 is 11.6 Å². The number of amides is 1. The lowest BCUT2D eigenvalue weighted by Crippen LogP contribution is -2.48. The minimum atomic E-state index is -0.324. The van der Waals surface area contributed by atoms with Crippen molar-refractivity contribution in [2.24, 2.45) is 0 Å². The number of aryl methyl sites for hydroxylation is 1. The van der Waals surface area contributed by atoms with Crippen LogP contribution in [-0.4, -0.2) is 47.0 Å². The minimum absolute atomic E-state index is 0.0853. The minimum Gasteiger partial charge on any atom is -0.353 e. The topological polar surface area (TPSA) is 49.3 Å². The fourth-order valence-corrected chi connectivity index (χ4v) is 3.81. The average molecular weight is 419 g/mol. The van der Waals surface area contributed by atoms with E-state index in [0.717, 1.165) is 29.3 Å². The van der Waals surface area contributed by atoms with Crippen LogP contribution in [0.2, 0.25) is 5.02 Å². The highest BCUT2D eigenvalue weighted by Gasteiger charge is 2.25. The van der Waals surface area contributed by atoms with Gasteiger partial charge in [0.25, 0.3) is 0 Å². The molecule has 1 atom stereocenters. The quantitative estimate of drug-likeness (QED) is 0.724. The predicted octanol–water partition coefficient (Wildman–Crippen LogP) is 4.35. The molecule has 0 spiro atoms. The molecule has 1 aliphatic heterocycles. The van der Waals surface area contributed by atoms with Crippen LogP contribution in [0.3, 0.4) is 0 Å². The van der Waals surface area contributed by atoms with Crippen molar-refractivity contribution in [1.29, 1.82) is 0 Å². The third-order valence-corrected chi connectivity index (χ3v) is 6.06. The Balaban J connectivity index is 2.02. The number of carbonyl (C=O) groups excluding carboxylic acids is 1. The van der Waals surface area contributed by atoms with E-state index in [-0.39, 0.29) is 17.6 Å². The van der Waals surface area contributed by atoms with Crippen LogP contribution in [0.25, 0.3) is 0 Å². The van der Waals surface area contributed by atoms with Gasteiger partial charge in [-0.25, -0.2) is 14.4 Å². The van der Waals surface area contributed by atoms with E-state index in [0.29, 0.717) is 43.2 Å². The Kier molecular flexibility index (Phi) is 6.73. The van der Waals surface area contributed by atoms with Crippen LogP contribution in [0.4, 0.5) is 10.2 Å². The molecule has 2 heterocycles. The Hall–Kier alpha value is -2.21. The van der Waals surface area contributed by atoms with Gasteiger partial charge < -0.3 is 9.80 Å². The second-order valence-electron chi connectivity index (χ2n) is 7.65. The summed E-state index contributed by atoms with van der Waals surface area (Å²) in [5.41, 5.74) is 2.19. The van der Waals surface area contributed by atoms with Crippen molar-refractivity contribution in [2.45, 2.75) is 46.5 Å². The second-order valence-corrected chi connectivity index (χ2v) is 8.06. The Morgan fingerprint density at radius 2 is 1.90 bits per heavy atom. The number of rotatable bonds is 5. The van der Waals surface area contributed by atoms with Gasteiger partial charge in [0.15, 0.2) is 0 Å². The summed E-state index contributed by atoms with van der Waals surface area (Å²) in [4.78, 5) is 25.3. The summed E-state index contributed by atoms with van der Waals surface area (Å²) in [5, 5.41) is 0.405. The number of nitrogens with zero attached hydrogens (tertiary/aromatic N) is 4. The van der Waals surface area contributed by atoms with Gasteiger partial charge in [0.1, 0.15) is 17.5 Å². The molecule has 1 fully saturated rings. The highest BCUT2D eigenvalue weighted by atomic mass is 35.5. The summed E-state index contributed by atoms with van der Waals surface area (Å²) in [6.07, 6.45) is 1.27. The normalized spacial score (nSPS) is 15.5. The van der Waals surface area contributed by atoms with Gasteiger partial charge in [-0.1, -0.05) is 31.5 Å². The number of halogens is 2. The molecular formula is C22H28ClFN4O. The SMILES string of the molecule is CCC(C)c1nc(C)c(Cc2c(F)cccc2Cl)c(N2CCN(C(C)=O)CC2)n1. The number of benzene rings is 1. The van der Waals surface area contributed by atoms with Crippen molar-refractivity contribution in [3.63, 3.8) is 0 Å². The number of carbonyl (C=O) groups is 1. The van der Waals surface area contributed by atoms with Gasteiger partial charge in [-0.15, -0.1) is 0 Å². The predicted molar refractivity (Wildman–Crippen MR) is 114 cm³/mol. The Morgan fingerprint density at radius 3 is 2.48 bits per heavy atom. The fourth-order valence-electron chi connectivity index (χ4n) is 3.58. The van der Waals surface area contributed by atoms with Gasteiger partial charge in [-0.3, -0.25) is 4.79 Å². The molecule has 0 radical (unpaired) electrons. The van der Waals surface area contributed by atoms with E-state index in [1.807, 2.05) is 11.8 Å². The zero-order chi connectivity index (χ0) is 21.1. The summed E-state index contributed by atoms with van der Waals surface area (Å²) < 4.78 is 14.5. The maximum atomic E-state index is 14.5. The molecule has 0 aliphatic carbocycles. The summed E-state index contributed by atoms with van der Waals surface area (Å²) in [6.45, 7) is 10.4. The number of aromatic nitrogens is 2. The van der Waals surface area contributed by atoms with Gasteiger partial charge in [-0.05, 0) is 25.5 Å². The van der Waals surface area contributed by atoms with Crippen molar-refractivity contribution in [3.8, 4) is 0 Å². The van der Waals surface area contributed by atoms with Gasteiger partial charge in [0.2, 0.25) is 5.91 Å². The maximum Gasteiger partial charge on any atom is 0.219 e. The standard InChI is InChI=1S/C22H28ClFN4O/c1-5-14(2)21-25-15(3)17(13-18-19(23)7-6-8-20(18)24)22(26-21)28-11-9-27(10-12-28)16(4)29/h6-8,14H,5,9-13H2,1-4H3. The first-order valence-electron chi connectivity index (χ1n) is 10.1. The van der Waals surface area contributed by atoms with E-state index in [1.54, 1.807) is 19.1 Å². The van der Waals surface area contributed by atoms with E-state index in [9.17, 15) is 9.18 Å². The fraction of sp³-hybridized carbons (Fsp3) is 0.500. The molecule has 156 valence electrons. The van der Waals surface area contributed by atoms with Crippen LogP contribution < -0.4 is 4.90 Å². The molecule has 1 aromatic heterocycles. The lowest BCUT2D eigenvalue weighted by molar-refractivity contribution is -0.129. The molecule has 0 N–H and O–H groups in total. The maximum absolute atomic E-state index is 14.5. The molecule has 2 aromatic rings. The average Bonchev–Trinajstić information content (AvgIpc) is 2.71. The monoisotopic (exact) mass is 418 g/mol. The molecule has 5 nitrogen and oxygen atoms in total. The summed E-state index contributed by atoms with van der Waals surface area (Å²) in [7, 11) is 0. The molecule has 1 saturated heterocycles. The van der Waals surface area contributed by atoms with E-state index in [4.69, 9.17) is 21.6 Å². The van der Waals surface area contributed by atoms with Crippen LogP contribution in [0.5, 0.6) is 0 Å². The van der Waals surface area contributed by atoms with Gasteiger partial charge >= 0.3 is 0 Å². The summed E-state index contributed by atoms with van der Waals surface area (Å²) in [5.74, 6) is 1.63. The van der Waals surface area contributed by atoms with E-state index in [2.05, 4.69) is 18.7 Å². The van der Waals surface area contributed by atoms with Crippen LogP contribution in [-0.2, 0) is 11.2 Å². The van der Waals surface area contributed by atoms with Crippen molar-refractivity contribution in [3.05, 3.63) is 51.7 Å². The second kappa shape index (κ2) is 9.08. The van der Waals surface area contributed by atoms with E-state index < -0.39 is 0 Å². The van der Waals surface area contributed by atoms with Crippen molar-refractivity contribution >= 4 is 23.3 Å². The zero-order valence-corrected chi connectivity index (χ0v) is 18.3. The molecule has 0 bridgehead atoms. The number of hydrogen-bond acceptors (Lipinski definition) is 4. The molecule has 0 saturated carbocycles. The molecule has 29 heavy (non-hydrogen) atoms. The molecule has 1 aliphatic rings. The molecule has 7 heteroatoms. The van der Waals surface area contributed by atoms with Crippen molar-refractivity contribution in [1.82, 2.24) is 14.9 Å². The third kappa shape index (κ3) is 4.69. The molecule has 3 rings (SSSR count). The summed E-state index contributed by atoms with van der Waals surface area (Å²) >= 11 is 6.29. The highest BCUT2D eigenvalue weighted by Crippen LogP contribution is 2.30. The van der Waals surface area contributed by atoms with Gasteiger partial charge in [-0.2, -0.15) is 0 Å². The third-order valence-electron chi connectivity index (χ3n) is 5.70. The lowest BCUT2D eigenvalue weighted by Gasteiger charge is -2.36. The number of anilines is 1. The first kappa shape index (κ1) is 21.5. The van der Waals surface area contributed by atoms with Crippen molar-refractivity contribution in [2.75, 3.05) is 31.1 Å². The van der Waals surface area contributed by atoms with Crippen molar-refractivity contribution < 1.29 is 9.18 Å². The lowest BCUT2D eigenvalue weighted by atomic mass is 10.0. The van der Waals surface area contributed by atoms with E-state index >= 15 is 0 Å². The van der Waals surface area contributed by atoms with Gasteiger partial charge in [0, 0.05) is 67.3 Å². The smallest absolute Gasteiger partial charge is 0.219 e. The first-order valence-corrected chi connectivity index (χ1v) is 10.5. The number of piperazine rings is 1. The Labute approximate surface area is 176 Å². The highest BCUT2D eigenvalue weighted by molar-refractivity contribution is 6.31. The van der Waals surface area contributed by atoms with Crippen LogP contribution in [0.1, 0.15) is 55.8 Å². The number of hydrogen-bond donors (Lipinski definition) is 0. The molecule has 1 amide bonds. The largest absolute Gasteiger partial charge is 0.353 e. The zero-order valence-electron chi connectivity index (χ0n) is 17.5. The molecule has 1 aromatic carbocycles. The van der Waals surface area contributed by atoms with Crippen LogP contribution in [0, 0.1) is 12.7 Å².